The van der Waals surface area contributed by atoms with Gasteiger partial charge in [-0.15, -0.1) is 0 Å². The second kappa shape index (κ2) is 10.7. The quantitative estimate of drug-likeness (QED) is 0.290. The molecule has 1 amide bonds. The van der Waals surface area contributed by atoms with Gasteiger partial charge in [0.25, 0.3) is 5.91 Å². The molecule has 0 unspecified atom stereocenters. The number of Topliss-reactive ketones (excluding diaryl/α,β-unsaturated/α-hetero) is 1. The van der Waals surface area contributed by atoms with Gasteiger partial charge in [0.15, 0.2) is 11.5 Å². The number of aliphatic carboxylic acids is 1. The highest BCUT2D eigenvalue weighted by atomic mass is 35.5. The molecule has 0 aliphatic heterocycles. The molecule has 1 aliphatic carbocycles. The molecule has 2 heterocycles. The molecule has 0 radical (unpaired) electrons. The number of halogens is 6. The van der Waals surface area contributed by atoms with Gasteiger partial charge in [-0.1, -0.05) is 35.3 Å². The fourth-order valence-corrected chi connectivity index (χ4v) is 4.75. The fourth-order valence-electron chi connectivity index (χ4n) is 4.18. The van der Waals surface area contributed by atoms with E-state index >= 15 is 0 Å². The van der Waals surface area contributed by atoms with Gasteiger partial charge in [0, 0.05) is 18.9 Å². The second-order valence-corrected chi connectivity index (χ2v) is 9.51. The molecule has 0 bridgehead atoms. The number of carboxylic acid groups (broad SMARTS) is 1. The minimum atomic E-state index is -5.01. The Morgan fingerprint density at radius 3 is 2.21 bits per heavy atom. The number of hydrogen-bond donors (Lipinski definition) is 1. The van der Waals surface area contributed by atoms with Crippen molar-refractivity contribution < 1.29 is 37.1 Å². The Balaban J connectivity index is 1.70. The zero-order chi connectivity index (χ0) is 27.8. The molecular formula is C24H18Cl2F4N4O4. The molecule has 14 heteroatoms. The first-order chi connectivity index (χ1) is 17.9. The Hall–Kier alpha value is -3.51. The van der Waals surface area contributed by atoms with Crippen LogP contribution in [0.15, 0.2) is 42.9 Å². The molecule has 1 fully saturated rings. The number of carboxylic acids is 1. The van der Waals surface area contributed by atoms with E-state index in [1.54, 1.807) is 0 Å². The molecule has 38 heavy (non-hydrogen) atoms. The van der Waals surface area contributed by atoms with Crippen LogP contribution in [0, 0.1) is 11.7 Å². The molecule has 1 N–H and O–H groups in total. The van der Waals surface area contributed by atoms with Crippen molar-refractivity contribution in [2.75, 3.05) is 6.54 Å². The van der Waals surface area contributed by atoms with Gasteiger partial charge in [-0.2, -0.15) is 18.3 Å². The fraction of sp³-hybridized carbons (Fsp3) is 0.292. The Morgan fingerprint density at radius 1 is 1.05 bits per heavy atom. The van der Waals surface area contributed by atoms with Gasteiger partial charge in [-0.05, 0) is 30.5 Å². The third-order valence-electron chi connectivity index (χ3n) is 6.14. The van der Waals surface area contributed by atoms with E-state index in [0.717, 1.165) is 35.6 Å². The maximum Gasteiger partial charge on any atom is 0.433 e. The van der Waals surface area contributed by atoms with Crippen molar-refractivity contribution in [2.24, 2.45) is 5.92 Å². The number of aromatic nitrogens is 3. The van der Waals surface area contributed by atoms with Crippen molar-refractivity contribution in [3.63, 3.8) is 0 Å². The Labute approximate surface area is 222 Å². The Kier molecular flexibility index (Phi) is 7.75. The lowest BCUT2D eigenvalue weighted by molar-refractivity contribution is -0.150. The largest absolute Gasteiger partial charge is 0.481 e. The summed E-state index contributed by atoms with van der Waals surface area (Å²) in [5.74, 6) is -4.44. The van der Waals surface area contributed by atoms with Crippen LogP contribution >= 0.6 is 23.2 Å². The second-order valence-electron chi connectivity index (χ2n) is 8.70. The van der Waals surface area contributed by atoms with Crippen molar-refractivity contribution in [3.05, 3.63) is 81.1 Å². The lowest BCUT2D eigenvalue weighted by atomic mass is 9.80. The number of ketones is 1. The van der Waals surface area contributed by atoms with Crippen LogP contribution in [0.1, 0.15) is 50.9 Å². The van der Waals surface area contributed by atoms with Crippen LogP contribution in [0.4, 0.5) is 17.6 Å². The number of benzene rings is 1. The third-order valence-corrected chi connectivity index (χ3v) is 6.72. The normalized spacial score (nSPS) is 17.1. The van der Waals surface area contributed by atoms with E-state index in [4.69, 9.17) is 28.3 Å². The van der Waals surface area contributed by atoms with Crippen LogP contribution in [-0.4, -0.2) is 49.0 Å². The van der Waals surface area contributed by atoms with E-state index in [0.29, 0.717) is 10.2 Å². The molecule has 2 aromatic heterocycles. The maximum atomic E-state index is 14.1. The highest BCUT2D eigenvalue weighted by molar-refractivity contribution is 6.39. The summed E-state index contributed by atoms with van der Waals surface area (Å²) >= 11 is 12.1. The van der Waals surface area contributed by atoms with Gasteiger partial charge in [0.05, 0.1) is 45.9 Å². The first-order valence-electron chi connectivity index (χ1n) is 11.1. The number of alkyl halides is 3. The molecule has 0 saturated heterocycles. The molecule has 3 aromatic rings. The lowest BCUT2D eigenvalue weighted by Gasteiger charge is -2.33. The SMILES string of the molecule is O=C(CN(Cc1ccc(F)cc1)C(=O)c1cnn([C@H]2C[C@H](C(=O)O)C2)c1C(F)(F)F)c1c(Cl)cncc1Cl. The maximum absolute atomic E-state index is 14.1. The van der Waals surface area contributed by atoms with Gasteiger partial charge >= 0.3 is 12.1 Å². The summed E-state index contributed by atoms with van der Waals surface area (Å²) in [5.41, 5.74) is -2.00. The smallest absolute Gasteiger partial charge is 0.433 e. The van der Waals surface area contributed by atoms with Crippen molar-refractivity contribution in [2.45, 2.75) is 31.6 Å². The number of rotatable bonds is 8. The van der Waals surface area contributed by atoms with Gasteiger partial charge in [-0.25, -0.2) is 4.39 Å². The van der Waals surface area contributed by atoms with E-state index < -0.39 is 59.4 Å². The zero-order valence-corrected chi connectivity index (χ0v) is 20.8. The summed E-state index contributed by atoms with van der Waals surface area (Å²) < 4.78 is 56.5. The van der Waals surface area contributed by atoms with E-state index in [9.17, 15) is 31.9 Å². The molecule has 0 spiro atoms. The molecular weight excluding hydrogens is 555 g/mol. The molecule has 1 aliphatic rings. The van der Waals surface area contributed by atoms with E-state index in [-0.39, 0.29) is 35.0 Å². The van der Waals surface area contributed by atoms with Crippen LogP contribution in [0.25, 0.3) is 0 Å². The highest BCUT2D eigenvalue weighted by Gasteiger charge is 2.46. The lowest BCUT2D eigenvalue weighted by Crippen LogP contribution is -2.38. The van der Waals surface area contributed by atoms with Crippen LogP contribution in [-0.2, 0) is 17.5 Å². The first kappa shape index (κ1) is 27.5. The van der Waals surface area contributed by atoms with Gasteiger partial charge in [-0.3, -0.25) is 24.0 Å². The van der Waals surface area contributed by atoms with Gasteiger partial charge in [0.2, 0.25) is 0 Å². The van der Waals surface area contributed by atoms with Crippen LogP contribution in [0.3, 0.4) is 0 Å². The number of hydrogen-bond acceptors (Lipinski definition) is 5. The number of carbonyl (C=O) groups is 3. The van der Waals surface area contributed by atoms with Gasteiger partial charge in [0.1, 0.15) is 5.82 Å². The molecule has 0 atom stereocenters. The summed E-state index contributed by atoms with van der Waals surface area (Å²) in [6.45, 7) is -1.06. The monoisotopic (exact) mass is 572 g/mol. The summed E-state index contributed by atoms with van der Waals surface area (Å²) in [6, 6.07) is 3.98. The number of carbonyl (C=O) groups excluding carboxylic acids is 2. The van der Waals surface area contributed by atoms with Crippen molar-refractivity contribution in [1.82, 2.24) is 19.7 Å². The number of amides is 1. The standard InChI is InChI=1S/C24H18Cl2F4N4O4/c25-17-8-31-9-18(26)20(17)19(35)11-33(10-12-1-3-14(27)4-2-12)22(36)16-7-32-34(21(16)24(28,29)30)15-5-13(6-15)23(37)38/h1-4,7-9,13,15H,5-6,10-11H2,(H,37,38)/t13-,15-. The highest BCUT2D eigenvalue weighted by Crippen LogP contribution is 2.42. The minimum Gasteiger partial charge on any atom is -0.481 e. The Morgan fingerprint density at radius 2 is 1.66 bits per heavy atom. The third kappa shape index (κ3) is 5.65. The molecule has 1 aromatic carbocycles. The van der Waals surface area contributed by atoms with E-state index in [2.05, 4.69) is 10.1 Å². The van der Waals surface area contributed by atoms with Gasteiger partial charge < -0.3 is 10.0 Å². The molecule has 8 nitrogen and oxygen atoms in total. The number of nitrogens with zero attached hydrogens (tertiary/aromatic N) is 4. The molecule has 4 rings (SSSR count). The average molecular weight is 573 g/mol. The average Bonchev–Trinajstić information content (AvgIpc) is 3.23. The molecule has 1 saturated carbocycles. The van der Waals surface area contributed by atoms with Crippen molar-refractivity contribution in [1.29, 1.82) is 0 Å². The summed E-state index contributed by atoms with van der Waals surface area (Å²) in [5, 5.41) is 12.6. The topological polar surface area (TPSA) is 105 Å². The number of pyridine rings is 1. The van der Waals surface area contributed by atoms with Crippen LogP contribution < -0.4 is 0 Å². The van der Waals surface area contributed by atoms with Crippen LogP contribution in [0.2, 0.25) is 10.0 Å². The van der Waals surface area contributed by atoms with E-state index in [1.807, 2.05) is 0 Å². The van der Waals surface area contributed by atoms with Crippen molar-refractivity contribution >= 4 is 40.9 Å². The minimum absolute atomic E-state index is 0.0788. The Bertz CT molecular complexity index is 1370. The van der Waals surface area contributed by atoms with Crippen LogP contribution in [0.5, 0.6) is 0 Å². The predicted octanol–water partition coefficient (Wildman–Crippen LogP) is 5.30. The predicted molar refractivity (Wildman–Crippen MR) is 126 cm³/mol. The summed E-state index contributed by atoms with van der Waals surface area (Å²) in [7, 11) is 0. The summed E-state index contributed by atoms with van der Waals surface area (Å²) in [4.78, 5) is 42.3. The molecule has 200 valence electrons. The zero-order valence-electron chi connectivity index (χ0n) is 19.3. The van der Waals surface area contributed by atoms with E-state index in [1.165, 1.54) is 12.1 Å². The van der Waals surface area contributed by atoms with Crippen molar-refractivity contribution in [3.8, 4) is 0 Å². The first-order valence-corrected chi connectivity index (χ1v) is 11.9. The summed E-state index contributed by atoms with van der Waals surface area (Å²) in [6.07, 6.45) is -2.12.